The van der Waals surface area contributed by atoms with E-state index in [4.69, 9.17) is 15.5 Å². The smallest absolute Gasteiger partial charge is 0.304 e. The van der Waals surface area contributed by atoms with Crippen molar-refractivity contribution < 1.29 is 29.9 Å². The third-order valence-corrected chi connectivity index (χ3v) is 1.81. The molecular formula is C9H15NO6. The molecule has 16 heavy (non-hydrogen) atoms. The van der Waals surface area contributed by atoms with Crippen molar-refractivity contribution >= 4 is 11.9 Å². The van der Waals surface area contributed by atoms with Crippen molar-refractivity contribution in [1.29, 1.82) is 0 Å². The van der Waals surface area contributed by atoms with Gasteiger partial charge in [-0.3, -0.25) is 14.5 Å². The van der Waals surface area contributed by atoms with Crippen LogP contribution in [0.4, 0.5) is 0 Å². The van der Waals surface area contributed by atoms with Crippen LogP contribution in [-0.2, 0) is 14.5 Å². The summed E-state index contributed by atoms with van der Waals surface area (Å²) in [5.41, 5.74) is 0. The van der Waals surface area contributed by atoms with E-state index in [-0.39, 0.29) is 38.2 Å². The van der Waals surface area contributed by atoms with Gasteiger partial charge in [-0.25, -0.2) is 5.26 Å². The van der Waals surface area contributed by atoms with Gasteiger partial charge >= 0.3 is 11.9 Å². The average Bonchev–Trinajstić information content (AvgIpc) is 2.21. The second-order valence-corrected chi connectivity index (χ2v) is 3.19. The van der Waals surface area contributed by atoms with Crippen LogP contribution in [0, 0.1) is 0 Å². The van der Waals surface area contributed by atoms with E-state index in [0.717, 1.165) is 0 Å². The molecule has 92 valence electrons. The van der Waals surface area contributed by atoms with Gasteiger partial charge < -0.3 is 15.1 Å². The van der Waals surface area contributed by atoms with E-state index < -0.39 is 11.9 Å². The Balaban J connectivity index is 4.09. The molecule has 0 aliphatic rings. The molecule has 0 aromatic carbocycles. The highest BCUT2D eigenvalue weighted by molar-refractivity contribution is 5.67. The van der Waals surface area contributed by atoms with Crippen molar-refractivity contribution in [3.8, 4) is 0 Å². The fourth-order valence-corrected chi connectivity index (χ4v) is 1.06. The van der Waals surface area contributed by atoms with E-state index in [0.29, 0.717) is 0 Å². The summed E-state index contributed by atoms with van der Waals surface area (Å²) in [6.45, 7) is 3.80. The summed E-state index contributed by atoms with van der Waals surface area (Å²) in [5, 5.41) is 25.2. The number of aliphatic carboxylic acids is 2. The average molecular weight is 233 g/mol. The first kappa shape index (κ1) is 14.4. The summed E-state index contributed by atoms with van der Waals surface area (Å²) in [5.74, 6) is -1.91. The molecule has 0 spiro atoms. The molecule has 0 aromatic rings. The number of hydrogen-bond donors (Lipinski definition) is 3. The van der Waals surface area contributed by atoms with Gasteiger partial charge in [0.05, 0.1) is 19.4 Å². The van der Waals surface area contributed by atoms with Gasteiger partial charge in [0.2, 0.25) is 0 Å². The first-order valence-electron chi connectivity index (χ1n) is 4.61. The molecule has 0 fully saturated rings. The normalized spacial score (nSPS) is 10.1. The Morgan fingerprint density at radius 3 is 1.88 bits per heavy atom. The zero-order valence-electron chi connectivity index (χ0n) is 8.76. The molecule has 7 heteroatoms. The van der Waals surface area contributed by atoms with Gasteiger partial charge in [0.1, 0.15) is 5.76 Å². The third kappa shape index (κ3) is 7.77. The van der Waals surface area contributed by atoms with Gasteiger partial charge in [-0.15, -0.1) is 0 Å². The van der Waals surface area contributed by atoms with E-state index in [2.05, 4.69) is 11.5 Å². The van der Waals surface area contributed by atoms with E-state index >= 15 is 0 Å². The molecule has 0 amide bonds. The lowest BCUT2D eigenvalue weighted by Gasteiger charge is -2.20. The fraction of sp³-hybridized carbons (Fsp3) is 0.556. The van der Waals surface area contributed by atoms with Crippen LogP contribution in [0.15, 0.2) is 12.3 Å². The number of carboxylic acid groups (broad SMARTS) is 2. The van der Waals surface area contributed by atoms with Crippen LogP contribution in [-0.4, -0.2) is 51.9 Å². The molecule has 0 saturated carbocycles. The van der Waals surface area contributed by atoms with Crippen LogP contribution in [0.1, 0.15) is 12.8 Å². The Hall–Kier alpha value is -1.60. The van der Waals surface area contributed by atoms with Crippen LogP contribution >= 0.6 is 0 Å². The highest BCUT2D eigenvalue weighted by Crippen LogP contribution is 2.00. The van der Waals surface area contributed by atoms with Crippen LogP contribution < -0.4 is 0 Å². The summed E-state index contributed by atoms with van der Waals surface area (Å²) >= 11 is 0. The van der Waals surface area contributed by atoms with Gasteiger partial charge in [0.25, 0.3) is 0 Å². The number of nitrogens with zero attached hydrogens (tertiary/aromatic N) is 1. The van der Waals surface area contributed by atoms with Crippen molar-refractivity contribution in [2.24, 2.45) is 0 Å². The van der Waals surface area contributed by atoms with Crippen LogP contribution in [0.3, 0.4) is 0 Å². The van der Waals surface area contributed by atoms with Crippen molar-refractivity contribution in [1.82, 2.24) is 4.90 Å². The Morgan fingerprint density at radius 2 is 1.56 bits per heavy atom. The van der Waals surface area contributed by atoms with Crippen LogP contribution in [0.5, 0.6) is 0 Å². The molecule has 0 aliphatic carbocycles. The van der Waals surface area contributed by atoms with Gasteiger partial charge in [0.15, 0.2) is 0 Å². The van der Waals surface area contributed by atoms with Crippen LogP contribution in [0.2, 0.25) is 0 Å². The lowest BCUT2D eigenvalue weighted by atomic mass is 10.3. The summed E-state index contributed by atoms with van der Waals surface area (Å²) in [6, 6.07) is 0. The van der Waals surface area contributed by atoms with E-state index in [9.17, 15) is 9.59 Å². The molecule has 0 rings (SSSR count). The Kier molecular flexibility index (Phi) is 6.89. The summed E-state index contributed by atoms with van der Waals surface area (Å²) in [4.78, 5) is 26.1. The van der Waals surface area contributed by atoms with Gasteiger partial charge in [0, 0.05) is 13.1 Å². The number of hydrogen-bond acceptors (Lipinski definition) is 5. The van der Waals surface area contributed by atoms with Crippen molar-refractivity contribution in [3.05, 3.63) is 12.3 Å². The van der Waals surface area contributed by atoms with E-state index in [1.807, 2.05) is 0 Å². The maximum absolute atomic E-state index is 10.4. The topological polar surface area (TPSA) is 107 Å². The van der Waals surface area contributed by atoms with Gasteiger partial charge in [-0.05, 0) is 0 Å². The SMILES string of the molecule is C=C(CN(CCC(=O)O)CCC(=O)O)OO. The maximum Gasteiger partial charge on any atom is 0.304 e. The molecule has 0 atom stereocenters. The monoisotopic (exact) mass is 233 g/mol. The summed E-state index contributed by atoms with van der Waals surface area (Å²) < 4.78 is 0. The van der Waals surface area contributed by atoms with Crippen molar-refractivity contribution in [2.75, 3.05) is 19.6 Å². The predicted molar refractivity (Wildman–Crippen MR) is 53.8 cm³/mol. The number of carbonyl (C=O) groups is 2. The third-order valence-electron chi connectivity index (χ3n) is 1.81. The molecule has 0 bridgehead atoms. The molecule has 7 nitrogen and oxygen atoms in total. The minimum absolute atomic E-state index is 0.0378. The quantitative estimate of drug-likeness (QED) is 0.297. The van der Waals surface area contributed by atoms with Crippen molar-refractivity contribution in [3.63, 3.8) is 0 Å². The number of carboxylic acids is 2. The molecular weight excluding hydrogens is 218 g/mol. The maximum atomic E-state index is 10.4. The molecule has 0 aliphatic heterocycles. The second-order valence-electron chi connectivity index (χ2n) is 3.19. The molecule has 0 unspecified atom stereocenters. The van der Waals surface area contributed by atoms with E-state index in [1.165, 1.54) is 4.90 Å². The molecule has 0 aromatic heterocycles. The van der Waals surface area contributed by atoms with E-state index in [1.54, 1.807) is 0 Å². The molecule has 3 N–H and O–H groups in total. The zero-order chi connectivity index (χ0) is 12.6. The van der Waals surface area contributed by atoms with Crippen molar-refractivity contribution in [2.45, 2.75) is 12.8 Å². The highest BCUT2D eigenvalue weighted by atomic mass is 17.1. The molecule has 0 radical (unpaired) electrons. The van der Waals surface area contributed by atoms with Gasteiger partial charge in [-0.1, -0.05) is 6.58 Å². The lowest BCUT2D eigenvalue weighted by molar-refractivity contribution is -0.206. The summed E-state index contributed by atoms with van der Waals surface area (Å²) in [6.07, 6.45) is -0.226. The Bertz CT molecular complexity index is 247. The summed E-state index contributed by atoms with van der Waals surface area (Å²) in [7, 11) is 0. The lowest BCUT2D eigenvalue weighted by Crippen LogP contribution is -2.31. The minimum Gasteiger partial charge on any atom is -0.481 e. The minimum atomic E-state index is -0.976. The van der Waals surface area contributed by atoms with Gasteiger partial charge in [-0.2, -0.15) is 0 Å². The first-order valence-corrected chi connectivity index (χ1v) is 4.61. The Labute approximate surface area is 92.5 Å². The largest absolute Gasteiger partial charge is 0.481 e. The number of rotatable bonds is 9. The standard InChI is InChI=1S/C9H15NO6/c1-7(16-15)6-10(4-2-8(11)12)5-3-9(13)14/h15H,1-6H2,(H,11,12)(H,13,14). The second kappa shape index (κ2) is 7.66. The predicted octanol–water partition coefficient (Wildman–Crippen LogP) is 0.241. The highest BCUT2D eigenvalue weighted by Gasteiger charge is 2.11. The Morgan fingerprint density at radius 1 is 1.12 bits per heavy atom. The molecule has 0 heterocycles. The fourth-order valence-electron chi connectivity index (χ4n) is 1.06. The van der Waals surface area contributed by atoms with Crippen LogP contribution in [0.25, 0.3) is 0 Å². The first-order chi connectivity index (χ1) is 7.45. The molecule has 0 saturated heterocycles. The zero-order valence-corrected chi connectivity index (χ0v) is 8.76.